The molecule has 1 spiro atoms. The van der Waals surface area contributed by atoms with Crippen LogP contribution in [0.15, 0.2) is 0 Å². The van der Waals surface area contributed by atoms with E-state index in [-0.39, 0.29) is 11.6 Å². The van der Waals surface area contributed by atoms with Crippen molar-refractivity contribution in [2.45, 2.75) is 56.6 Å². The molecule has 0 aromatic rings. The van der Waals surface area contributed by atoms with Crippen LogP contribution in [0.1, 0.15) is 44.9 Å². The Balaban J connectivity index is 1.46. The largest absolute Gasteiger partial charge is 0.372 e. The number of piperidine rings is 1. The third-order valence-electron chi connectivity index (χ3n) is 5.03. The van der Waals surface area contributed by atoms with E-state index in [9.17, 15) is 4.79 Å². The maximum Gasteiger partial charge on any atom is 0.317 e. The van der Waals surface area contributed by atoms with Gasteiger partial charge in [-0.2, -0.15) is 0 Å². The number of carbonyl (C=O) groups is 1. The van der Waals surface area contributed by atoms with Gasteiger partial charge in [-0.15, -0.1) is 0 Å². The van der Waals surface area contributed by atoms with Crippen molar-refractivity contribution >= 4 is 6.03 Å². The number of nitrogens with one attached hydrogen (secondary N) is 2. The molecule has 3 rings (SSSR count). The van der Waals surface area contributed by atoms with Gasteiger partial charge in [0.1, 0.15) is 0 Å². The smallest absolute Gasteiger partial charge is 0.317 e. The van der Waals surface area contributed by atoms with Crippen LogP contribution in [0.4, 0.5) is 4.79 Å². The molecule has 2 amide bonds. The van der Waals surface area contributed by atoms with Gasteiger partial charge in [-0.25, -0.2) is 4.79 Å². The number of amides is 2. The fourth-order valence-electron chi connectivity index (χ4n) is 3.66. The Bertz CT molecular complexity index is 326. The molecule has 0 radical (unpaired) electrons. The van der Waals surface area contributed by atoms with E-state index in [1.807, 2.05) is 4.90 Å². The van der Waals surface area contributed by atoms with Crippen LogP contribution in [-0.2, 0) is 4.74 Å². The predicted octanol–water partition coefficient (Wildman–Crippen LogP) is 1.48. The molecule has 20 heavy (non-hydrogen) atoms. The molecule has 2 saturated heterocycles. The summed E-state index contributed by atoms with van der Waals surface area (Å²) < 4.78 is 5.96. The molecule has 2 N–H and O–H groups in total. The summed E-state index contributed by atoms with van der Waals surface area (Å²) in [6.45, 7) is 4.33. The van der Waals surface area contributed by atoms with Crippen molar-refractivity contribution in [3.05, 3.63) is 0 Å². The molecule has 2 aliphatic heterocycles. The zero-order chi connectivity index (χ0) is 13.8. The van der Waals surface area contributed by atoms with Crippen LogP contribution < -0.4 is 10.6 Å². The molecular formula is C15H27N3O2. The van der Waals surface area contributed by atoms with E-state index >= 15 is 0 Å². The van der Waals surface area contributed by atoms with Gasteiger partial charge in [0.15, 0.2) is 0 Å². The Morgan fingerprint density at radius 1 is 1.20 bits per heavy atom. The molecule has 0 bridgehead atoms. The SMILES string of the molecule is O=C(NC1CCCCC1)N1CCC2(CC1)CNCCO2. The average molecular weight is 281 g/mol. The van der Waals surface area contributed by atoms with E-state index in [0.717, 1.165) is 58.5 Å². The molecule has 1 aliphatic carbocycles. The first-order chi connectivity index (χ1) is 9.77. The highest BCUT2D eigenvalue weighted by molar-refractivity contribution is 5.74. The number of carbonyl (C=O) groups excluding carboxylic acids is 1. The summed E-state index contributed by atoms with van der Waals surface area (Å²) in [5.41, 5.74) is -0.0140. The first-order valence-corrected chi connectivity index (χ1v) is 8.18. The monoisotopic (exact) mass is 281 g/mol. The van der Waals surface area contributed by atoms with Crippen LogP contribution in [0.25, 0.3) is 0 Å². The molecule has 0 unspecified atom stereocenters. The van der Waals surface area contributed by atoms with Crippen molar-refractivity contribution in [2.24, 2.45) is 0 Å². The molecule has 0 atom stereocenters. The number of nitrogens with zero attached hydrogens (tertiary/aromatic N) is 1. The molecule has 1 saturated carbocycles. The van der Waals surface area contributed by atoms with E-state index in [4.69, 9.17) is 4.74 Å². The number of likely N-dealkylation sites (tertiary alicyclic amines) is 1. The molecule has 3 aliphatic rings. The van der Waals surface area contributed by atoms with Gasteiger partial charge in [0, 0.05) is 32.2 Å². The van der Waals surface area contributed by atoms with Crippen LogP contribution in [0.5, 0.6) is 0 Å². The van der Waals surface area contributed by atoms with Gasteiger partial charge in [-0.3, -0.25) is 0 Å². The second-order valence-electron chi connectivity index (χ2n) is 6.48. The van der Waals surface area contributed by atoms with Crippen LogP contribution in [0.3, 0.4) is 0 Å². The fourth-order valence-corrected chi connectivity index (χ4v) is 3.66. The van der Waals surface area contributed by atoms with Crippen LogP contribution >= 0.6 is 0 Å². The van der Waals surface area contributed by atoms with Gasteiger partial charge in [-0.05, 0) is 25.7 Å². The summed E-state index contributed by atoms with van der Waals surface area (Å²) in [6, 6.07) is 0.537. The van der Waals surface area contributed by atoms with E-state index in [1.165, 1.54) is 19.3 Å². The van der Waals surface area contributed by atoms with Gasteiger partial charge in [0.25, 0.3) is 0 Å². The average Bonchev–Trinajstić information content (AvgIpc) is 2.50. The van der Waals surface area contributed by atoms with E-state index in [1.54, 1.807) is 0 Å². The van der Waals surface area contributed by atoms with Crippen molar-refractivity contribution in [1.29, 1.82) is 0 Å². The Labute approximate surface area is 121 Å². The van der Waals surface area contributed by atoms with Crippen molar-refractivity contribution in [2.75, 3.05) is 32.8 Å². The van der Waals surface area contributed by atoms with Crippen molar-refractivity contribution in [3.8, 4) is 0 Å². The van der Waals surface area contributed by atoms with Crippen molar-refractivity contribution in [1.82, 2.24) is 15.5 Å². The predicted molar refractivity (Wildman–Crippen MR) is 77.8 cm³/mol. The quantitative estimate of drug-likeness (QED) is 0.765. The van der Waals surface area contributed by atoms with Crippen LogP contribution in [0.2, 0.25) is 0 Å². The first-order valence-electron chi connectivity index (χ1n) is 8.18. The third-order valence-corrected chi connectivity index (χ3v) is 5.03. The third kappa shape index (κ3) is 3.26. The number of hydrogen-bond donors (Lipinski definition) is 2. The summed E-state index contributed by atoms with van der Waals surface area (Å²) in [6.07, 6.45) is 8.05. The normalized spacial score (nSPS) is 27.5. The lowest BCUT2D eigenvalue weighted by Crippen LogP contribution is -2.58. The fraction of sp³-hybridized carbons (Fsp3) is 0.933. The zero-order valence-corrected chi connectivity index (χ0v) is 12.3. The van der Waals surface area contributed by atoms with Crippen LogP contribution in [0, 0.1) is 0 Å². The maximum atomic E-state index is 12.3. The summed E-state index contributed by atoms with van der Waals surface area (Å²) in [5, 5.41) is 6.62. The minimum Gasteiger partial charge on any atom is -0.372 e. The van der Waals surface area contributed by atoms with E-state index in [2.05, 4.69) is 10.6 Å². The first kappa shape index (κ1) is 14.1. The number of urea groups is 1. The summed E-state index contributed by atoms with van der Waals surface area (Å²) in [4.78, 5) is 14.3. The highest BCUT2D eigenvalue weighted by atomic mass is 16.5. The van der Waals surface area contributed by atoms with Gasteiger partial charge >= 0.3 is 6.03 Å². The summed E-state index contributed by atoms with van der Waals surface area (Å²) in [7, 11) is 0. The highest BCUT2D eigenvalue weighted by Gasteiger charge is 2.38. The van der Waals surface area contributed by atoms with Gasteiger partial charge < -0.3 is 20.3 Å². The second-order valence-corrected chi connectivity index (χ2v) is 6.48. The Morgan fingerprint density at radius 3 is 2.60 bits per heavy atom. The standard InChI is InChI=1S/C15H27N3O2/c19-14(17-13-4-2-1-3-5-13)18-9-6-15(7-10-18)12-16-8-11-20-15/h13,16H,1-12H2,(H,17,19). The number of rotatable bonds is 1. The van der Waals surface area contributed by atoms with Gasteiger partial charge in [-0.1, -0.05) is 19.3 Å². The highest BCUT2D eigenvalue weighted by Crippen LogP contribution is 2.27. The topological polar surface area (TPSA) is 53.6 Å². The van der Waals surface area contributed by atoms with Gasteiger partial charge in [0.05, 0.1) is 12.2 Å². The van der Waals surface area contributed by atoms with Gasteiger partial charge in [0.2, 0.25) is 0 Å². The number of morpholine rings is 1. The van der Waals surface area contributed by atoms with E-state index < -0.39 is 0 Å². The number of ether oxygens (including phenoxy) is 1. The minimum atomic E-state index is -0.0140. The molecule has 3 fully saturated rings. The minimum absolute atomic E-state index is 0.0140. The second kappa shape index (κ2) is 6.31. The van der Waals surface area contributed by atoms with Crippen LogP contribution in [-0.4, -0.2) is 55.4 Å². The lowest BCUT2D eigenvalue weighted by atomic mass is 9.90. The van der Waals surface area contributed by atoms with Crippen molar-refractivity contribution < 1.29 is 9.53 Å². The Hall–Kier alpha value is -0.810. The lowest BCUT2D eigenvalue weighted by Gasteiger charge is -2.44. The molecule has 5 nitrogen and oxygen atoms in total. The molecule has 0 aromatic carbocycles. The lowest BCUT2D eigenvalue weighted by molar-refractivity contribution is -0.0947. The van der Waals surface area contributed by atoms with E-state index in [0.29, 0.717) is 6.04 Å². The molecule has 2 heterocycles. The van der Waals surface area contributed by atoms with Crippen molar-refractivity contribution in [3.63, 3.8) is 0 Å². The maximum absolute atomic E-state index is 12.3. The Kier molecular flexibility index (Phi) is 4.46. The molecule has 0 aromatic heterocycles. The summed E-state index contributed by atoms with van der Waals surface area (Å²) >= 11 is 0. The molecule has 5 heteroatoms. The zero-order valence-electron chi connectivity index (χ0n) is 12.3. The molecular weight excluding hydrogens is 254 g/mol. The summed E-state index contributed by atoms with van der Waals surface area (Å²) in [5.74, 6) is 0. The number of hydrogen-bond acceptors (Lipinski definition) is 3. The Morgan fingerprint density at radius 2 is 1.95 bits per heavy atom. The molecule has 114 valence electrons.